The van der Waals surface area contributed by atoms with Crippen LogP contribution in [0, 0.1) is 0 Å². The Kier molecular flexibility index (Phi) is 1.14. The number of fused-ring (bicyclic) bond motifs is 1. The van der Waals surface area contributed by atoms with E-state index in [1.165, 1.54) is 0 Å². The van der Waals surface area contributed by atoms with Crippen molar-refractivity contribution >= 4 is 11.7 Å². The Hall–Kier alpha value is -0.860. The molecule has 2 aliphatic heterocycles. The van der Waals surface area contributed by atoms with Crippen molar-refractivity contribution in [2.75, 3.05) is 6.54 Å². The lowest BCUT2D eigenvalue weighted by Gasteiger charge is -2.24. The third-order valence-corrected chi connectivity index (χ3v) is 2.85. The molecule has 1 atom stereocenters. The zero-order chi connectivity index (χ0) is 8.06. The molecule has 2 aliphatic rings. The van der Waals surface area contributed by atoms with E-state index in [2.05, 4.69) is 0 Å². The van der Waals surface area contributed by atoms with Gasteiger partial charge in [0, 0.05) is 6.54 Å². The molecule has 0 N–H and O–H groups in total. The lowest BCUT2D eigenvalue weighted by atomic mass is 9.96. The molecular weight excluding hydrogens is 142 g/mol. The molecule has 3 heteroatoms. The van der Waals surface area contributed by atoms with Crippen molar-refractivity contribution in [2.45, 2.75) is 31.7 Å². The van der Waals surface area contributed by atoms with Gasteiger partial charge < -0.3 is 4.90 Å². The summed E-state index contributed by atoms with van der Waals surface area (Å²) in [5, 5.41) is 0. The molecule has 3 nitrogen and oxygen atoms in total. The van der Waals surface area contributed by atoms with Gasteiger partial charge in [-0.05, 0) is 19.8 Å². The van der Waals surface area contributed by atoms with E-state index in [4.69, 9.17) is 0 Å². The summed E-state index contributed by atoms with van der Waals surface area (Å²) in [7, 11) is 0. The molecule has 0 saturated carbocycles. The summed E-state index contributed by atoms with van der Waals surface area (Å²) < 4.78 is 0. The Labute approximate surface area is 65.4 Å². The largest absolute Gasteiger partial charge is 0.330 e. The van der Waals surface area contributed by atoms with Gasteiger partial charge in [-0.3, -0.25) is 9.59 Å². The van der Waals surface area contributed by atoms with Crippen molar-refractivity contribution in [3.63, 3.8) is 0 Å². The van der Waals surface area contributed by atoms with E-state index < -0.39 is 5.54 Å². The summed E-state index contributed by atoms with van der Waals surface area (Å²) in [6, 6.07) is 0. The Morgan fingerprint density at radius 2 is 2.18 bits per heavy atom. The molecule has 0 aromatic heterocycles. The van der Waals surface area contributed by atoms with Crippen LogP contribution >= 0.6 is 0 Å². The number of hydrogen-bond acceptors (Lipinski definition) is 2. The molecule has 2 saturated heterocycles. The second-order valence-corrected chi connectivity index (χ2v) is 3.52. The van der Waals surface area contributed by atoms with Gasteiger partial charge in [-0.25, -0.2) is 0 Å². The molecule has 11 heavy (non-hydrogen) atoms. The van der Waals surface area contributed by atoms with Gasteiger partial charge >= 0.3 is 0 Å². The number of ketones is 1. The van der Waals surface area contributed by atoms with Crippen LogP contribution in [-0.2, 0) is 9.59 Å². The van der Waals surface area contributed by atoms with Gasteiger partial charge in [-0.2, -0.15) is 0 Å². The highest BCUT2D eigenvalue weighted by Crippen LogP contribution is 2.36. The first kappa shape index (κ1) is 6.83. The first-order valence-electron chi connectivity index (χ1n) is 3.98. The topological polar surface area (TPSA) is 37.4 Å². The molecule has 1 unspecified atom stereocenters. The number of amides is 1. The maximum absolute atomic E-state index is 11.3. The van der Waals surface area contributed by atoms with Gasteiger partial charge in [-0.1, -0.05) is 0 Å². The quantitative estimate of drug-likeness (QED) is 0.470. The first-order valence-corrected chi connectivity index (χ1v) is 3.98. The summed E-state index contributed by atoms with van der Waals surface area (Å²) in [6.45, 7) is 2.66. The van der Waals surface area contributed by atoms with E-state index in [-0.39, 0.29) is 18.1 Å². The van der Waals surface area contributed by atoms with Crippen LogP contribution in [0.2, 0.25) is 0 Å². The lowest BCUT2D eigenvalue weighted by molar-refractivity contribution is -0.129. The van der Waals surface area contributed by atoms with Crippen molar-refractivity contribution in [1.29, 1.82) is 0 Å². The van der Waals surface area contributed by atoms with E-state index in [0.717, 1.165) is 19.4 Å². The molecule has 60 valence electrons. The molecule has 1 amide bonds. The fourth-order valence-electron chi connectivity index (χ4n) is 2.08. The molecule has 0 aliphatic carbocycles. The average molecular weight is 153 g/mol. The highest BCUT2D eigenvalue weighted by atomic mass is 16.2. The van der Waals surface area contributed by atoms with Crippen LogP contribution in [0.15, 0.2) is 0 Å². The van der Waals surface area contributed by atoms with Crippen molar-refractivity contribution in [3.05, 3.63) is 0 Å². The van der Waals surface area contributed by atoms with Crippen LogP contribution in [0.1, 0.15) is 26.2 Å². The van der Waals surface area contributed by atoms with Crippen LogP contribution in [-0.4, -0.2) is 28.7 Å². The smallest absolute Gasteiger partial charge is 0.230 e. The monoisotopic (exact) mass is 153 g/mol. The number of carbonyl (C=O) groups excluding carboxylic acids is 2. The van der Waals surface area contributed by atoms with E-state index in [9.17, 15) is 9.59 Å². The minimum absolute atomic E-state index is 0.0231. The molecule has 2 rings (SSSR count). The first-order chi connectivity index (χ1) is 5.14. The van der Waals surface area contributed by atoms with Crippen LogP contribution in [0.3, 0.4) is 0 Å². The molecule has 0 spiro atoms. The maximum atomic E-state index is 11.3. The van der Waals surface area contributed by atoms with Gasteiger partial charge in [0.2, 0.25) is 5.91 Å². The highest BCUT2D eigenvalue weighted by molar-refractivity contribution is 6.10. The van der Waals surface area contributed by atoms with E-state index in [1.54, 1.807) is 4.90 Å². The van der Waals surface area contributed by atoms with E-state index >= 15 is 0 Å². The second-order valence-electron chi connectivity index (χ2n) is 3.52. The molecular formula is C8H11NO2. The van der Waals surface area contributed by atoms with Crippen LogP contribution in [0.5, 0.6) is 0 Å². The Balaban J connectivity index is 2.39. The van der Waals surface area contributed by atoms with Gasteiger partial charge in [0.15, 0.2) is 5.78 Å². The summed E-state index contributed by atoms with van der Waals surface area (Å²) >= 11 is 0. The van der Waals surface area contributed by atoms with Crippen molar-refractivity contribution < 1.29 is 9.59 Å². The standard InChI is InChI=1S/C8H11NO2/c1-8-3-2-4-9(8)7(11)5-6(8)10/h2-5H2,1H3. The molecule has 0 radical (unpaired) electrons. The molecule has 2 fully saturated rings. The predicted molar refractivity (Wildman–Crippen MR) is 39.0 cm³/mol. The fourth-order valence-corrected chi connectivity index (χ4v) is 2.08. The number of carbonyl (C=O) groups is 2. The van der Waals surface area contributed by atoms with Crippen LogP contribution < -0.4 is 0 Å². The van der Waals surface area contributed by atoms with Crippen molar-refractivity contribution in [2.24, 2.45) is 0 Å². The third kappa shape index (κ3) is 0.682. The van der Waals surface area contributed by atoms with E-state index in [1.807, 2.05) is 6.92 Å². The summed E-state index contributed by atoms with van der Waals surface area (Å²) in [4.78, 5) is 24.2. The molecule has 2 heterocycles. The van der Waals surface area contributed by atoms with Crippen LogP contribution in [0.4, 0.5) is 0 Å². The summed E-state index contributed by atoms with van der Waals surface area (Å²) in [5.41, 5.74) is -0.420. The zero-order valence-corrected chi connectivity index (χ0v) is 6.59. The summed E-state index contributed by atoms with van der Waals surface area (Å²) in [5.74, 6) is 0.134. The van der Waals surface area contributed by atoms with Crippen LogP contribution in [0.25, 0.3) is 0 Å². The lowest BCUT2D eigenvalue weighted by Crippen LogP contribution is -2.41. The normalized spacial score (nSPS) is 36.6. The highest BCUT2D eigenvalue weighted by Gasteiger charge is 2.51. The Bertz CT molecular complexity index is 236. The minimum atomic E-state index is -0.420. The maximum Gasteiger partial charge on any atom is 0.230 e. The number of Topliss-reactive ketones (excluding diaryl/α,β-unsaturated/α-hetero) is 1. The molecule has 0 aromatic rings. The Morgan fingerprint density at radius 1 is 1.45 bits per heavy atom. The van der Waals surface area contributed by atoms with E-state index in [0.29, 0.717) is 0 Å². The second kappa shape index (κ2) is 1.84. The Morgan fingerprint density at radius 3 is 2.82 bits per heavy atom. The molecule has 0 bridgehead atoms. The fraction of sp³-hybridized carbons (Fsp3) is 0.750. The average Bonchev–Trinajstić information content (AvgIpc) is 2.39. The van der Waals surface area contributed by atoms with Crippen molar-refractivity contribution in [1.82, 2.24) is 4.90 Å². The summed E-state index contributed by atoms with van der Waals surface area (Å²) in [6.07, 6.45) is 1.97. The number of rotatable bonds is 0. The van der Waals surface area contributed by atoms with Gasteiger partial charge in [0.05, 0.1) is 12.0 Å². The minimum Gasteiger partial charge on any atom is -0.330 e. The van der Waals surface area contributed by atoms with Gasteiger partial charge in [0.25, 0.3) is 0 Å². The zero-order valence-electron chi connectivity index (χ0n) is 6.59. The molecule has 0 aromatic carbocycles. The predicted octanol–water partition coefficient (Wildman–Crippen LogP) is 0.340. The SMILES string of the molecule is CC12CCCN1C(=O)CC2=O. The van der Waals surface area contributed by atoms with Gasteiger partial charge in [-0.15, -0.1) is 0 Å². The number of hydrogen-bond donors (Lipinski definition) is 0. The van der Waals surface area contributed by atoms with Crippen molar-refractivity contribution in [3.8, 4) is 0 Å². The third-order valence-electron chi connectivity index (χ3n) is 2.85. The number of nitrogens with zero attached hydrogens (tertiary/aromatic N) is 1. The van der Waals surface area contributed by atoms with Gasteiger partial charge in [0.1, 0.15) is 0 Å².